The van der Waals surface area contributed by atoms with Crippen LogP contribution in [0.15, 0.2) is 70.3 Å². The van der Waals surface area contributed by atoms with Crippen LogP contribution < -0.4 is 10.6 Å². The second kappa shape index (κ2) is 8.61. The first kappa shape index (κ1) is 18.1. The highest BCUT2D eigenvalue weighted by Gasteiger charge is 2.08. The Morgan fingerprint density at radius 1 is 1.15 bits per heavy atom. The van der Waals surface area contributed by atoms with E-state index in [1.807, 2.05) is 36.4 Å². The van der Waals surface area contributed by atoms with Crippen molar-refractivity contribution in [3.63, 3.8) is 0 Å². The molecule has 3 rings (SSSR count). The number of benzene rings is 2. The molecule has 27 heavy (non-hydrogen) atoms. The number of rotatable bonds is 6. The predicted molar refractivity (Wildman–Crippen MR) is 102 cm³/mol. The van der Waals surface area contributed by atoms with Crippen LogP contribution in [0.4, 0.5) is 5.69 Å². The normalized spacial score (nSPS) is 11.2. The van der Waals surface area contributed by atoms with Crippen molar-refractivity contribution in [2.75, 3.05) is 7.05 Å². The molecule has 0 unspecified atom stereocenters. The first-order valence-electron chi connectivity index (χ1n) is 8.33. The molecule has 1 aromatic heterocycles. The van der Waals surface area contributed by atoms with Gasteiger partial charge in [-0.05, 0) is 17.7 Å². The molecule has 0 bridgehead atoms. The number of aliphatic imine (C=N–C) groups is 1. The molecule has 0 spiro atoms. The minimum atomic E-state index is -0.411. The fourth-order valence-corrected chi connectivity index (χ4v) is 2.46. The lowest BCUT2D eigenvalue weighted by molar-refractivity contribution is -0.384. The van der Waals surface area contributed by atoms with Gasteiger partial charge in [-0.2, -0.15) is 0 Å². The number of oxazole rings is 1. The Morgan fingerprint density at radius 2 is 1.93 bits per heavy atom. The monoisotopic (exact) mass is 365 g/mol. The summed E-state index contributed by atoms with van der Waals surface area (Å²) in [7, 11) is 1.65. The molecule has 0 fully saturated rings. The van der Waals surface area contributed by atoms with Crippen molar-refractivity contribution in [3.05, 3.63) is 82.2 Å². The van der Waals surface area contributed by atoms with Crippen LogP contribution in [0.5, 0.6) is 0 Å². The first-order valence-corrected chi connectivity index (χ1v) is 8.33. The Kier molecular flexibility index (Phi) is 5.78. The number of aromatic nitrogens is 1. The predicted octanol–water partition coefficient (Wildman–Crippen LogP) is 3.12. The molecule has 3 aromatic rings. The van der Waals surface area contributed by atoms with Gasteiger partial charge in [0, 0.05) is 31.3 Å². The number of guanidine groups is 1. The van der Waals surface area contributed by atoms with E-state index >= 15 is 0 Å². The number of nitrogens with zero attached hydrogens (tertiary/aromatic N) is 3. The lowest BCUT2D eigenvalue weighted by atomic mass is 10.2. The second-order valence-corrected chi connectivity index (χ2v) is 5.72. The standard InChI is InChI=1S/C19H19N5O3/c1-20-19(21-11-14-6-5-9-17(10-14)24(25)26)22-12-16-13-27-18(23-16)15-7-3-2-4-8-15/h2-10,13H,11-12H2,1H3,(H2,20,21,22). The van der Waals surface area contributed by atoms with Gasteiger partial charge in [0.1, 0.15) is 6.26 Å². The van der Waals surface area contributed by atoms with Crippen molar-refractivity contribution in [1.29, 1.82) is 0 Å². The third-order valence-corrected chi connectivity index (χ3v) is 3.81. The number of hydrogen-bond acceptors (Lipinski definition) is 5. The molecule has 0 aliphatic heterocycles. The molecule has 138 valence electrons. The fourth-order valence-electron chi connectivity index (χ4n) is 2.46. The minimum absolute atomic E-state index is 0.0632. The van der Waals surface area contributed by atoms with E-state index in [0.29, 0.717) is 24.9 Å². The van der Waals surface area contributed by atoms with Crippen LogP contribution >= 0.6 is 0 Å². The molecule has 0 radical (unpaired) electrons. The van der Waals surface area contributed by atoms with Gasteiger partial charge in [-0.3, -0.25) is 15.1 Å². The van der Waals surface area contributed by atoms with Crippen molar-refractivity contribution in [1.82, 2.24) is 15.6 Å². The van der Waals surface area contributed by atoms with Gasteiger partial charge in [-0.15, -0.1) is 0 Å². The quantitative estimate of drug-likeness (QED) is 0.301. The molecule has 1 heterocycles. The second-order valence-electron chi connectivity index (χ2n) is 5.72. The third-order valence-electron chi connectivity index (χ3n) is 3.81. The van der Waals surface area contributed by atoms with Crippen molar-refractivity contribution >= 4 is 11.6 Å². The Hall–Kier alpha value is -3.68. The van der Waals surface area contributed by atoms with Gasteiger partial charge in [0.25, 0.3) is 5.69 Å². The summed E-state index contributed by atoms with van der Waals surface area (Å²) in [4.78, 5) is 19.0. The van der Waals surface area contributed by atoms with E-state index in [0.717, 1.165) is 16.8 Å². The van der Waals surface area contributed by atoms with E-state index in [-0.39, 0.29) is 5.69 Å². The van der Waals surface area contributed by atoms with Crippen molar-refractivity contribution < 1.29 is 9.34 Å². The highest BCUT2D eigenvalue weighted by atomic mass is 16.6. The largest absolute Gasteiger partial charge is 0.444 e. The van der Waals surface area contributed by atoms with E-state index in [1.165, 1.54) is 12.1 Å². The molecule has 0 saturated carbocycles. The maximum atomic E-state index is 10.8. The average Bonchev–Trinajstić information content (AvgIpc) is 3.18. The Morgan fingerprint density at radius 3 is 2.67 bits per heavy atom. The Labute approximate surface area is 156 Å². The summed E-state index contributed by atoms with van der Waals surface area (Å²) in [5, 5.41) is 17.1. The minimum Gasteiger partial charge on any atom is -0.444 e. The first-order chi connectivity index (χ1) is 13.2. The smallest absolute Gasteiger partial charge is 0.269 e. The van der Waals surface area contributed by atoms with Crippen LogP contribution in [0.1, 0.15) is 11.3 Å². The van der Waals surface area contributed by atoms with Gasteiger partial charge in [-0.1, -0.05) is 30.3 Å². The summed E-state index contributed by atoms with van der Waals surface area (Å²) in [5.41, 5.74) is 2.51. The van der Waals surface area contributed by atoms with Crippen molar-refractivity contribution in [3.8, 4) is 11.5 Å². The zero-order valence-electron chi connectivity index (χ0n) is 14.8. The van der Waals surface area contributed by atoms with Crippen LogP contribution in [0.25, 0.3) is 11.5 Å². The SMILES string of the molecule is CN=C(NCc1cccc([N+](=O)[O-])c1)NCc1coc(-c2ccccc2)n1. The summed E-state index contributed by atoms with van der Waals surface area (Å²) in [6.07, 6.45) is 1.60. The number of nitro benzene ring substituents is 1. The molecule has 0 amide bonds. The molecule has 8 heteroatoms. The van der Waals surface area contributed by atoms with E-state index in [9.17, 15) is 10.1 Å². The molecule has 8 nitrogen and oxygen atoms in total. The van der Waals surface area contributed by atoms with Crippen LogP contribution in [0, 0.1) is 10.1 Å². The molecule has 0 saturated heterocycles. The van der Waals surface area contributed by atoms with Gasteiger partial charge in [-0.25, -0.2) is 4.98 Å². The van der Waals surface area contributed by atoms with Gasteiger partial charge < -0.3 is 15.1 Å². The van der Waals surface area contributed by atoms with Crippen molar-refractivity contribution in [2.24, 2.45) is 4.99 Å². The molecular weight excluding hydrogens is 346 g/mol. The Bertz CT molecular complexity index is 937. The van der Waals surface area contributed by atoms with Crippen LogP contribution in [-0.2, 0) is 13.1 Å². The zero-order chi connectivity index (χ0) is 19.1. The maximum absolute atomic E-state index is 10.8. The average molecular weight is 365 g/mol. The number of hydrogen-bond donors (Lipinski definition) is 2. The van der Waals surface area contributed by atoms with E-state index in [4.69, 9.17) is 4.42 Å². The zero-order valence-corrected chi connectivity index (χ0v) is 14.8. The van der Waals surface area contributed by atoms with E-state index in [1.54, 1.807) is 19.4 Å². The molecule has 2 aromatic carbocycles. The van der Waals surface area contributed by atoms with Crippen LogP contribution in [-0.4, -0.2) is 22.9 Å². The van der Waals surface area contributed by atoms with Crippen molar-refractivity contribution in [2.45, 2.75) is 13.1 Å². The summed E-state index contributed by atoms with van der Waals surface area (Å²) >= 11 is 0. The topological polar surface area (TPSA) is 106 Å². The van der Waals surface area contributed by atoms with E-state index in [2.05, 4.69) is 20.6 Å². The summed E-state index contributed by atoms with van der Waals surface area (Å²) < 4.78 is 5.51. The van der Waals surface area contributed by atoms with Gasteiger partial charge in [0.15, 0.2) is 5.96 Å². The number of non-ortho nitro benzene ring substituents is 1. The maximum Gasteiger partial charge on any atom is 0.269 e. The van der Waals surface area contributed by atoms with E-state index < -0.39 is 4.92 Å². The molecule has 0 aliphatic rings. The molecule has 2 N–H and O–H groups in total. The molecule has 0 aliphatic carbocycles. The Balaban J connectivity index is 1.55. The summed E-state index contributed by atoms with van der Waals surface area (Å²) in [6, 6.07) is 16.1. The summed E-state index contributed by atoms with van der Waals surface area (Å²) in [5.74, 6) is 1.12. The lowest BCUT2D eigenvalue weighted by Crippen LogP contribution is -2.36. The highest BCUT2D eigenvalue weighted by Crippen LogP contribution is 2.17. The third kappa shape index (κ3) is 4.91. The van der Waals surface area contributed by atoms with Gasteiger partial charge in [0.05, 0.1) is 17.2 Å². The number of nitro groups is 1. The van der Waals surface area contributed by atoms with Gasteiger partial charge in [0.2, 0.25) is 5.89 Å². The van der Waals surface area contributed by atoms with Gasteiger partial charge >= 0.3 is 0 Å². The van der Waals surface area contributed by atoms with Crippen LogP contribution in [0.3, 0.4) is 0 Å². The molecule has 0 atom stereocenters. The van der Waals surface area contributed by atoms with Crippen LogP contribution in [0.2, 0.25) is 0 Å². The number of nitrogens with one attached hydrogen (secondary N) is 2. The summed E-state index contributed by atoms with van der Waals surface area (Å²) in [6.45, 7) is 0.848. The fraction of sp³-hybridized carbons (Fsp3) is 0.158. The molecular formula is C19H19N5O3. The highest BCUT2D eigenvalue weighted by molar-refractivity contribution is 5.79. The lowest BCUT2D eigenvalue weighted by Gasteiger charge is -2.10.